The standard InChI is InChI=1S/C45H30N4O/c1-3-13-29(14-4-1)30-23-25-32(26-24-30)44-46-43(31-15-5-2-6-16-31)47-45(48-44)37-19-8-11-21-39(37)49-38-20-10-7-17-33(38)35-27-28-36-34-18-9-12-22-40(34)50-42(36)41(35)49/h1-28,44H,(H,46,47,48). The van der Waals surface area contributed by atoms with Crippen LogP contribution in [0, 0.1) is 0 Å². The van der Waals surface area contributed by atoms with E-state index in [1.165, 1.54) is 11.1 Å². The van der Waals surface area contributed by atoms with Crippen LogP contribution in [0.3, 0.4) is 0 Å². The van der Waals surface area contributed by atoms with Gasteiger partial charge in [0, 0.05) is 32.7 Å². The fraction of sp³-hybridized carbons (Fsp3) is 0.0222. The third-order valence-electron chi connectivity index (χ3n) is 9.69. The molecule has 10 rings (SSSR count). The van der Waals surface area contributed by atoms with E-state index in [4.69, 9.17) is 14.4 Å². The molecule has 1 atom stereocenters. The summed E-state index contributed by atoms with van der Waals surface area (Å²) in [6.45, 7) is 0. The van der Waals surface area contributed by atoms with Crippen molar-refractivity contribution in [3.8, 4) is 16.8 Å². The molecule has 2 aromatic heterocycles. The summed E-state index contributed by atoms with van der Waals surface area (Å²) in [4.78, 5) is 10.5. The summed E-state index contributed by atoms with van der Waals surface area (Å²) in [7, 11) is 0. The van der Waals surface area contributed by atoms with E-state index in [0.29, 0.717) is 5.84 Å². The Morgan fingerprint density at radius 2 is 1.16 bits per heavy atom. The van der Waals surface area contributed by atoms with E-state index in [9.17, 15) is 0 Å². The number of hydrogen-bond donors (Lipinski definition) is 1. The smallest absolute Gasteiger partial charge is 0.161 e. The molecule has 5 nitrogen and oxygen atoms in total. The molecule has 1 aliphatic heterocycles. The summed E-state index contributed by atoms with van der Waals surface area (Å²) in [5.41, 5.74) is 10.2. The fourth-order valence-corrected chi connectivity index (χ4v) is 7.31. The molecule has 0 radical (unpaired) electrons. The molecular formula is C45H30N4O. The zero-order valence-electron chi connectivity index (χ0n) is 27.0. The number of nitrogens with zero attached hydrogens (tertiary/aromatic N) is 3. The minimum atomic E-state index is -0.337. The lowest BCUT2D eigenvalue weighted by atomic mass is 10.0. The zero-order valence-corrected chi connectivity index (χ0v) is 27.0. The quantitative estimate of drug-likeness (QED) is 0.203. The van der Waals surface area contributed by atoms with Crippen LogP contribution < -0.4 is 5.32 Å². The van der Waals surface area contributed by atoms with Gasteiger partial charge in [-0.1, -0.05) is 140 Å². The highest BCUT2D eigenvalue weighted by molar-refractivity contribution is 6.22. The van der Waals surface area contributed by atoms with Crippen molar-refractivity contribution in [1.29, 1.82) is 0 Å². The molecule has 0 amide bonds. The van der Waals surface area contributed by atoms with Crippen molar-refractivity contribution in [3.05, 3.63) is 187 Å². The summed E-state index contributed by atoms with van der Waals surface area (Å²) in [5.74, 6) is 1.45. The monoisotopic (exact) mass is 642 g/mol. The van der Waals surface area contributed by atoms with E-state index in [0.717, 1.165) is 72.0 Å². The number of furan rings is 1. The van der Waals surface area contributed by atoms with Crippen molar-refractivity contribution in [1.82, 2.24) is 9.88 Å². The van der Waals surface area contributed by atoms with Gasteiger partial charge in [-0.3, -0.25) is 0 Å². The largest absolute Gasteiger partial charge is 0.454 e. The number of hydrogen-bond acceptors (Lipinski definition) is 4. The zero-order chi connectivity index (χ0) is 33.0. The van der Waals surface area contributed by atoms with Gasteiger partial charge in [-0.25, -0.2) is 9.98 Å². The molecule has 9 aromatic rings. The molecule has 5 heteroatoms. The van der Waals surface area contributed by atoms with E-state index in [-0.39, 0.29) is 6.17 Å². The van der Waals surface area contributed by atoms with E-state index in [1.54, 1.807) is 0 Å². The van der Waals surface area contributed by atoms with Gasteiger partial charge in [0.05, 0.1) is 16.7 Å². The Balaban J connectivity index is 1.19. The first kappa shape index (κ1) is 28.3. The summed E-state index contributed by atoms with van der Waals surface area (Å²) < 4.78 is 8.98. The van der Waals surface area contributed by atoms with Crippen molar-refractivity contribution in [2.24, 2.45) is 9.98 Å². The van der Waals surface area contributed by atoms with Gasteiger partial charge >= 0.3 is 0 Å². The molecule has 3 heterocycles. The number of fused-ring (bicyclic) bond motifs is 7. The number of amidine groups is 2. The molecule has 0 spiro atoms. The average Bonchev–Trinajstić information content (AvgIpc) is 3.75. The van der Waals surface area contributed by atoms with Crippen LogP contribution in [0.15, 0.2) is 184 Å². The molecule has 0 aliphatic carbocycles. The lowest BCUT2D eigenvalue weighted by molar-refractivity contribution is 0.671. The maximum Gasteiger partial charge on any atom is 0.161 e. The van der Waals surface area contributed by atoms with Gasteiger partial charge in [0.25, 0.3) is 0 Å². The van der Waals surface area contributed by atoms with Crippen molar-refractivity contribution in [2.75, 3.05) is 0 Å². The van der Waals surface area contributed by atoms with Gasteiger partial charge in [0.15, 0.2) is 11.4 Å². The van der Waals surface area contributed by atoms with Crippen LogP contribution in [0.1, 0.15) is 22.9 Å². The predicted octanol–water partition coefficient (Wildman–Crippen LogP) is 10.8. The summed E-state index contributed by atoms with van der Waals surface area (Å²) in [5, 5.41) is 8.14. The topological polar surface area (TPSA) is 54.8 Å². The molecule has 1 aliphatic rings. The summed E-state index contributed by atoms with van der Waals surface area (Å²) >= 11 is 0. The van der Waals surface area contributed by atoms with E-state index < -0.39 is 0 Å². The van der Waals surface area contributed by atoms with Gasteiger partial charge in [0.2, 0.25) is 0 Å². The van der Waals surface area contributed by atoms with Crippen molar-refractivity contribution in [3.63, 3.8) is 0 Å². The van der Waals surface area contributed by atoms with Gasteiger partial charge in [-0.2, -0.15) is 0 Å². The van der Waals surface area contributed by atoms with Crippen LogP contribution >= 0.6 is 0 Å². The molecule has 236 valence electrons. The lowest BCUT2D eigenvalue weighted by Crippen LogP contribution is -2.33. The molecule has 7 aromatic carbocycles. The van der Waals surface area contributed by atoms with E-state index >= 15 is 0 Å². The van der Waals surface area contributed by atoms with Gasteiger partial charge in [-0.15, -0.1) is 0 Å². The summed E-state index contributed by atoms with van der Waals surface area (Å²) in [6, 6.07) is 59.0. The third kappa shape index (κ3) is 4.55. The first-order valence-corrected chi connectivity index (χ1v) is 16.9. The van der Waals surface area contributed by atoms with Crippen LogP contribution in [0.5, 0.6) is 0 Å². The highest BCUT2D eigenvalue weighted by Crippen LogP contribution is 2.41. The van der Waals surface area contributed by atoms with Crippen LogP contribution in [0.25, 0.3) is 60.6 Å². The predicted molar refractivity (Wildman–Crippen MR) is 205 cm³/mol. The Kier molecular flexibility index (Phi) is 6.49. The SMILES string of the molecule is c1ccc(C2=NC(c3ccccc3-n3c4ccccc4c4ccc5c6ccccc6oc5c43)=NC(c3ccc(-c4ccccc4)cc3)N2)cc1. The van der Waals surface area contributed by atoms with Gasteiger partial charge in [-0.05, 0) is 47.0 Å². The molecule has 0 saturated carbocycles. The lowest BCUT2D eigenvalue weighted by Gasteiger charge is -2.25. The second-order valence-electron chi connectivity index (χ2n) is 12.6. The normalized spacial score (nSPS) is 14.6. The number of benzene rings is 7. The van der Waals surface area contributed by atoms with Crippen molar-refractivity contribution in [2.45, 2.75) is 6.17 Å². The fourth-order valence-electron chi connectivity index (χ4n) is 7.31. The minimum Gasteiger partial charge on any atom is -0.454 e. The molecule has 50 heavy (non-hydrogen) atoms. The number of para-hydroxylation sites is 3. The highest BCUT2D eigenvalue weighted by Gasteiger charge is 2.25. The van der Waals surface area contributed by atoms with Crippen LogP contribution in [-0.2, 0) is 0 Å². The molecule has 0 saturated heterocycles. The Morgan fingerprint density at radius 3 is 1.98 bits per heavy atom. The van der Waals surface area contributed by atoms with Gasteiger partial charge < -0.3 is 14.3 Å². The molecular weight excluding hydrogens is 613 g/mol. The number of aromatic nitrogens is 1. The second kappa shape index (κ2) is 11.5. The van der Waals surface area contributed by atoms with Crippen molar-refractivity contribution >= 4 is 55.4 Å². The average molecular weight is 643 g/mol. The third-order valence-corrected chi connectivity index (χ3v) is 9.69. The first-order valence-electron chi connectivity index (χ1n) is 16.9. The van der Waals surface area contributed by atoms with Crippen LogP contribution in [0.2, 0.25) is 0 Å². The Bertz CT molecular complexity index is 2770. The Labute approximate surface area is 288 Å². The molecule has 1 N–H and O–H groups in total. The molecule has 0 fully saturated rings. The number of nitrogens with one attached hydrogen (secondary N) is 1. The van der Waals surface area contributed by atoms with Crippen LogP contribution in [0.4, 0.5) is 0 Å². The van der Waals surface area contributed by atoms with Crippen LogP contribution in [-0.4, -0.2) is 16.2 Å². The first-order chi connectivity index (χ1) is 24.8. The Hall–Kier alpha value is -6.72. The second-order valence-corrected chi connectivity index (χ2v) is 12.6. The van der Waals surface area contributed by atoms with E-state index in [2.05, 4.69) is 143 Å². The highest BCUT2D eigenvalue weighted by atomic mass is 16.3. The summed E-state index contributed by atoms with van der Waals surface area (Å²) in [6.07, 6.45) is -0.337. The number of rotatable bonds is 5. The van der Waals surface area contributed by atoms with E-state index in [1.807, 2.05) is 36.4 Å². The molecule has 1 unspecified atom stereocenters. The number of aliphatic imine (C=N–C) groups is 2. The maximum absolute atomic E-state index is 6.65. The minimum absolute atomic E-state index is 0.337. The van der Waals surface area contributed by atoms with Gasteiger partial charge in [0.1, 0.15) is 17.6 Å². The molecule has 0 bridgehead atoms. The van der Waals surface area contributed by atoms with Crippen molar-refractivity contribution < 1.29 is 4.42 Å². The Morgan fingerprint density at radius 1 is 0.520 bits per heavy atom. The maximum atomic E-state index is 6.65.